The number of hydrogen-bond donors (Lipinski definition) is 2. The van der Waals surface area contributed by atoms with Crippen molar-refractivity contribution >= 4 is 19.2 Å². The third-order valence-electron chi connectivity index (χ3n) is 4.79. The van der Waals surface area contributed by atoms with E-state index in [1.54, 1.807) is 30.3 Å². The second-order valence-corrected chi connectivity index (χ2v) is 6.66. The van der Waals surface area contributed by atoms with E-state index in [2.05, 4.69) is 0 Å². The van der Waals surface area contributed by atoms with Crippen molar-refractivity contribution < 1.29 is 29.1 Å². The molecular formula is C21H22BNO6. The van der Waals surface area contributed by atoms with Gasteiger partial charge >= 0.3 is 19.2 Å². The Labute approximate surface area is 169 Å². The number of hydrogen-bond acceptors (Lipinski definition) is 6. The molecule has 2 aromatic rings. The Balaban J connectivity index is 1.81. The molecule has 1 amide bonds. The summed E-state index contributed by atoms with van der Waals surface area (Å²) in [5.41, 5.74) is 2.40. The second-order valence-electron chi connectivity index (χ2n) is 6.66. The molecule has 2 N–H and O–H groups in total. The van der Waals surface area contributed by atoms with Crippen molar-refractivity contribution in [2.24, 2.45) is 0 Å². The Morgan fingerprint density at radius 3 is 2.41 bits per heavy atom. The Morgan fingerprint density at radius 2 is 1.79 bits per heavy atom. The summed E-state index contributed by atoms with van der Waals surface area (Å²) >= 11 is 0. The van der Waals surface area contributed by atoms with Gasteiger partial charge in [-0.1, -0.05) is 48.5 Å². The Bertz CT molecular complexity index is 882. The van der Waals surface area contributed by atoms with Crippen LogP contribution in [0.2, 0.25) is 0 Å². The van der Waals surface area contributed by atoms with Gasteiger partial charge in [-0.15, -0.1) is 0 Å². The molecule has 150 valence electrons. The van der Waals surface area contributed by atoms with Crippen molar-refractivity contribution in [2.45, 2.75) is 19.1 Å². The van der Waals surface area contributed by atoms with Crippen LogP contribution in [-0.2, 0) is 16.1 Å². The average Bonchev–Trinajstić information content (AvgIpc) is 2.77. The molecule has 0 saturated heterocycles. The first-order valence-corrected chi connectivity index (χ1v) is 9.22. The zero-order valence-corrected chi connectivity index (χ0v) is 16.0. The van der Waals surface area contributed by atoms with Gasteiger partial charge < -0.3 is 19.5 Å². The summed E-state index contributed by atoms with van der Waals surface area (Å²) in [6.45, 7) is 0.421. The first kappa shape index (κ1) is 20.6. The predicted octanol–water partition coefficient (Wildman–Crippen LogP) is 2.50. The van der Waals surface area contributed by atoms with Crippen LogP contribution in [0.4, 0.5) is 4.79 Å². The number of esters is 1. The van der Waals surface area contributed by atoms with E-state index in [0.29, 0.717) is 23.0 Å². The van der Waals surface area contributed by atoms with Crippen LogP contribution < -0.4 is 0 Å². The highest BCUT2D eigenvalue weighted by atomic mass is 16.6. The summed E-state index contributed by atoms with van der Waals surface area (Å²) in [5, 5.41) is 19.1. The summed E-state index contributed by atoms with van der Waals surface area (Å²) in [6.07, 6.45) is 1.47. The normalized spacial score (nSPS) is 16.0. The van der Waals surface area contributed by atoms with E-state index in [1.165, 1.54) is 12.0 Å². The molecular weight excluding hydrogens is 373 g/mol. The van der Waals surface area contributed by atoms with Gasteiger partial charge in [0.05, 0.1) is 18.7 Å². The van der Waals surface area contributed by atoms with Gasteiger partial charge in [-0.25, -0.2) is 9.59 Å². The highest BCUT2D eigenvalue weighted by Gasteiger charge is 2.32. The molecule has 0 aromatic heterocycles. The number of benzene rings is 2. The van der Waals surface area contributed by atoms with Crippen LogP contribution in [0.5, 0.6) is 0 Å². The van der Waals surface area contributed by atoms with E-state index in [0.717, 1.165) is 5.56 Å². The molecule has 1 aliphatic rings. The fraction of sp³-hybridized carbons (Fsp3) is 0.238. The molecule has 0 aliphatic carbocycles. The number of amides is 1. The van der Waals surface area contributed by atoms with E-state index in [-0.39, 0.29) is 13.2 Å². The van der Waals surface area contributed by atoms with Crippen LogP contribution in [0.15, 0.2) is 66.1 Å². The summed E-state index contributed by atoms with van der Waals surface area (Å²) in [5.74, 6) is -0.457. The van der Waals surface area contributed by atoms with Crippen molar-refractivity contribution in [1.82, 2.24) is 4.90 Å². The van der Waals surface area contributed by atoms with Crippen molar-refractivity contribution in [2.75, 3.05) is 13.7 Å². The predicted molar refractivity (Wildman–Crippen MR) is 107 cm³/mol. The SMILES string of the molecule is COC(=O)c1ccc([C@@H]2C=C(B(O)O)CCN2C(=O)OCc2ccccc2)cc1. The van der Waals surface area contributed by atoms with Crippen LogP contribution in [0, 0.1) is 0 Å². The highest BCUT2D eigenvalue weighted by Crippen LogP contribution is 2.30. The molecule has 7 nitrogen and oxygen atoms in total. The molecule has 0 spiro atoms. The smallest absolute Gasteiger partial charge is 0.465 e. The van der Waals surface area contributed by atoms with E-state index < -0.39 is 25.2 Å². The highest BCUT2D eigenvalue weighted by molar-refractivity contribution is 6.50. The molecule has 0 radical (unpaired) electrons. The number of rotatable bonds is 5. The molecule has 29 heavy (non-hydrogen) atoms. The summed E-state index contributed by atoms with van der Waals surface area (Å²) in [7, 11) is -0.284. The van der Waals surface area contributed by atoms with Gasteiger partial charge in [-0.05, 0) is 35.2 Å². The maximum Gasteiger partial charge on any atom is 0.483 e. The molecule has 0 unspecified atom stereocenters. The standard InChI is InChI=1S/C21H22BNO6/c1-28-20(24)17-9-7-16(8-10-17)19-13-18(22(26)27)11-12-23(19)21(25)29-14-15-5-3-2-4-6-15/h2-10,13,19,26-27H,11-12,14H2,1H3/t19-/m0/s1. The largest absolute Gasteiger partial charge is 0.483 e. The number of carbonyl (C=O) groups is 2. The maximum atomic E-state index is 12.7. The lowest BCUT2D eigenvalue weighted by atomic mass is 9.74. The molecule has 0 saturated carbocycles. The van der Waals surface area contributed by atoms with E-state index in [4.69, 9.17) is 9.47 Å². The average molecular weight is 395 g/mol. The van der Waals surface area contributed by atoms with E-state index >= 15 is 0 Å². The molecule has 0 fully saturated rings. The first-order valence-electron chi connectivity index (χ1n) is 9.22. The minimum Gasteiger partial charge on any atom is -0.465 e. The fourth-order valence-corrected chi connectivity index (χ4v) is 3.20. The molecule has 1 heterocycles. The molecule has 0 bridgehead atoms. The Morgan fingerprint density at radius 1 is 1.10 bits per heavy atom. The summed E-state index contributed by atoms with van der Waals surface area (Å²) in [4.78, 5) is 25.9. The van der Waals surface area contributed by atoms with E-state index in [9.17, 15) is 19.6 Å². The van der Waals surface area contributed by atoms with Crippen molar-refractivity contribution in [3.05, 3.63) is 82.8 Å². The molecule has 1 atom stereocenters. The van der Waals surface area contributed by atoms with Crippen LogP contribution in [0.3, 0.4) is 0 Å². The number of nitrogens with zero attached hydrogens (tertiary/aromatic N) is 1. The Hall–Kier alpha value is -3.10. The van der Waals surface area contributed by atoms with Gasteiger partial charge in [0, 0.05) is 6.54 Å². The summed E-state index contributed by atoms with van der Waals surface area (Å²) in [6, 6.07) is 15.4. The molecule has 1 aliphatic heterocycles. The maximum absolute atomic E-state index is 12.7. The van der Waals surface area contributed by atoms with Crippen molar-refractivity contribution in [3.63, 3.8) is 0 Å². The zero-order valence-electron chi connectivity index (χ0n) is 16.0. The van der Waals surface area contributed by atoms with Gasteiger partial charge in [0.25, 0.3) is 0 Å². The second kappa shape index (κ2) is 9.40. The lowest BCUT2D eigenvalue weighted by Crippen LogP contribution is -2.39. The number of ether oxygens (including phenoxy) is 2. The minimum atomic E-state index is -1.59. The van der Waals surface area contributed by atoms with Crippen LogP contribution in [0.25, 0.3) is 0 Å². The Kier molecular flexibility index (Phi) is 6.69. The van der Waals surface area contributed by atoms with Gasteiger partial charge in [-0.2, -0.15) is 0 Å². The first-order chi connectivity index (χ1) is 14.0. The number of carbonyl (C=O) groups excluding carboxylic acids is 2. The van der Waals surface area contributed by atoms with E-state index in [1.807, 2.05) is 30.3 Å². The third kappa shape index (κ3) is 5.04. The lowest BCUT2D eigenvalue weighted by Gasteiger charge is -2.34. The van der Waals surface area contributed by atoms with Crippen molar-refractivity contribution in [1.29, 1.82) is 0 Å². The molecule has 8 heteroatoms. The molecule has 3 rings (SSSR count). The van der Waals surface area contributed by atoms with Crippen LogP contribution in [-0.4, -0.2) is 47.8 Å². The van der Waals surface area contributed by atoms with Gasteiger partial charge in [0.1, 0.15) is 6.61 Å². The van der Waals surface area contributed by atoms with Gasteiger partial charge in [0.15, 0.2) is 0 Å². The van der Waals surface area contributed by atoms with Crippen molar-refractivity contribution in [3.8, 4) is 0 Å². The lowest BCUT2D eigenvalue weighted by molar-refractivity contribution is 0.0600. The summed E-state index contributed by atoms with van der Waals surface area (Å²) < 4.78 is 10.2. The zero-order chi connectivity index (χ0) is 20.8. The van der Waals surface area contributed by atoms with Gasteiger partial charge in [0.2, 0.25) is 0 Å². The fourth-order valence-electron chi connectivity index (χ4n) is 3.20. The third-order valence-corrected chi connectivity index (χ3v) is 4.79. The van der Waals surface area contributed by atoms with Gasteiger partial charge in [-0.3, -0.25) is 4.90 Å². The molecule has 2 aromatic carbocycles. The minimum absolute atomic E-state index is 0.142. The topological polar surface area (TPSA) is 96.3 Å². The quantitative estimate of drug-likeness (QED) is 0.597. The number of methoxy groups -OCH3 is 1. The monoisotopic (exact) mass is 395 g/mol. The van der Waals surface area contributed by atoms with Crippen LogP contribution in [0.1, 0.15) is 33.9 Å². The van der Waals surface area contributed by atoms with Crippen LogP contribution >= 0.6 is 0 Å².